The van der Waals surface area contributed by atoms with Crippen LogP contribution in [0.1, 0.15) is 71.6 Å². The van der Waals surface area contributed by atoms with E-state index in [4.69, 9.17) is 0 Å². The molecule has 1 heterocycles. The van der Waals surface area contributed by atoms with E-state index in [1.165, 1.54) is 57.8 Å². The molecule has 0 aromatic rings. The molecule has 5 aliphatic rings. The minimum atomic E-state index is -0.0690. The first-order chi connectivity index (χ1) is 10.1. The number of nitrogens with zero attached hydrogens (tertiary/aromatic N) is 1. The van der Waals surface area contributed by atoms with Gasteiger partial charge in [-0.25, -0.2) is 0 Å². The molecule has 0 radical (unpaired) electrons. The minimum Gasteiger partial charge on any atom is -0.391 e. The van der Waals surface area contributed by atoms with Crippen LogP contribution in [0.5, 0.6) is 0 Å². The molecule has 0 aromatic heterocycles. The van der Waals surface area contributed by atoms with Crippen molar-refractivity contribution in [2.45, 2.75) is 89.8 Å². The molecule has 3 unspecified atom stereocenters. The standard InChI is InChI=1S/C19H33NO/c1-3-17-5-4-13(2)20(17)12-18(21)19-9-14-6-15(10-19)8-16(7-14)11-19/h13-18,21H,3-12H2,1-2H3. The lowest BCUT2D eigenvalue weighted by atomic mass is 9.48. The second kappa shape index (κ2) is 5.23. The Labute approximate surface area is 130 Å². The SMILES string of the molecule is CCC1CCC(C)N1CC(O)C12CC3CC(CC(C3)C1)C2. The molecule has 5 rings (SSSR count). The highest BCUT2D eigenvalue weighted by Gasteiger charge is 2.54. The predicted octanol–water partition coefficient (Wildman–Crippen LogP) is 3.83. The smallest absolute Gasteiger partial charge is 0.0723 e. The zero-order valence-corrected chi connectivity index (χ0v) is 13.9. The Bertz CT molecular complexity index is 358. The van der Waals surface area contributed by atoms with Crippen molar-refractivity contribution in [2.24, 2.45) is 23.2 Å². The molecule has 4 bridgehead atoms. The second-order valence-electron chi connectivity index (χ2n) is 8.98. The van der Waals surface area contributed by atoms with Crippen LogP contribution in [0.2, 0.25) is 0 Å². The van der Waals surface area contributed by atoms with E-state index in [0.29, 0.717) is 11.5 Å². The van der Waals surface area contributed by atoms with Crippen LogP contribution in [0.25, 0.3) is 0 Å². The average molecular weight is 291 g/mol. The van der Waals surface area contributed by atoms with Gasteiger partial charge in [0.05, 0.1) is 6.10 Å². The third-order valence-electron chi connectivity index (χ3n) is 7.60. The molecule has 0 spiro atoms. The van der Waals surface area contributed by atoms with Crippen LogP contribution in [0.15, 0.2) is 0 Å². The van der Waals surface area contributed by atoms with Crippen molar-refractivity contribution in [1.82, 2.24) is 4.90 Å². The maximum absolute atomic E-state index is 11.2. The molecule has 4 aliphatic carbocycles. The van der Waals surface area contributed by atoms with Gasteiger partial charge >= 0.3 is 0 Å². The highest BCUT2D eigenvalue weighted by Crippen LogP contribution is 2.61. The predicted molar refractivity (Wildman–Crippen MR) is 86.1 cm³/mol. The summed E-state index contributed by atoms with van der Waals surface area (Å²) in [7, 11) is 0. The molecule has 2 heteroatoms. The van der Waals surface area contributed by atoms with Gasteiger partial charge in [-0.1, -0.05) is 6.92 Å². The van der Waals surface area contributed by atoms with Gasteiger partial charge in [-0.3, -0.25) is 4.90 Å². The molecule has 0 aromatic carbocycles. The Hall–Kier alpha value is -0.0800. The summed E-state index contributed by atoms with van der Waals surface area (Å²) >= 11 is 0. The summed E-state index contributed by atoms with van der Waals surface area (Å²) in [5.41, 5.74) is 0.301. The molecule has 0 amide bonds. The number of β-amino-alcohol motifs (C(OH)–C–C–N with tert-alkyl or cyclic N) is 1. The molecule has 5 fully saturated rings. The van der Waals surface area contributed by atoms with Crippen molar-refractivity contribution < 1.29 is 5.11 Å². The fraction of sp³-hybridized carbons (Fsp3) is 1.00. The zero-order valence-electron chi connectivity index (χ0n) is 13.9. The fourth-order valence-electron chi connectivity index (χ4n) is 6.87. The summed E-state index contributed by atoms with van der Waals surface area (Å²) < 4.78 is 0. The van der Waals surface area contributed by atoms with E-state index in [0.717, 1.165) is 30.3 Å². The van der Waals surface area contributed by atoms with Gasteiger partial charge in [-0.15, -0.1) is 0 Å². The van der Waals surface area contributed by atoms with Crippen LogP contribution in [-0.2, 0) is 0 Å². The Kier molecular flexibility index (Phi) is 3.61. The number of hydrogen-bond donors (Lipinski definition) is 1. The molecular weight excluding hydrogens is 258 g/mol. The first-order valence-corrected chi connectivity index (χ1v) is 9.53. The van der Waals surface area contributed by atoms with Gasteiger partial charge in [0.25, 0.3) is 0 Å². The van der Waals surface area contributed by atoms with E-state index in [-0.39, 0.29) is 6.10 Å². The molecule has 2 nitrogen and oxygen atoms in total. The summed E-state index contributed by atoms with van der Waals surface area (Å²) in [6.07, 6.45) is 12.3. The normalized spacial score (nSPS) is 50.7. The summed E-state index contributed by atoms with van der Waals surface area (Å²) in [4.78, 5) is 2.64. The number of likely N-dealkylation sites (tertiary alicyclic amines) is 1. The van der Waals surface area contributed by atoms with Crippen molar-refractivity contribution in [1.29, 1.82) is 0 Å². The Morgan fingerprint density at radius 1 is 1.05 bits per heavy atom. The lowest BCUT2D eigenvalue weighted by Crippen LogP contribution is -2.55. The number of aliphatic hydroxyl groups excluding tert-OH is 1. The zero-order chi connectivity index (χ0) is 14.6. The van der Waals surface area contributed by atoms with Crippen LogP contribution in [0.3, 0.4) is 0 Å². The van der Waals surface area contributed by atoms with Crippen LogP contribution in [-0.4, -0.2) is 34.7 Å². The second-order valence-corrected chi connectivity index (χ2v) is 8.98. The van der Waals surface area contributed by atoms with E-state index in [2.05, 4.69) is 18.7 Å². The number of hydrogen-bond acceptors (Lipinski definition) is 2. The number of aliphatic hydroxyl groups is 1. The summed E-state index contributed by atoms with van der Waals surface area (Å²) in [6, 6.07) is 1.40. The Balaban J connectivity index is 1.48. The monoisotopic (exact) mass is 291 g/mol. The molecule has 4 saturated carbocycles. The van der Waals surface area contributed by atoms with Crippen LogP contribution >= 0.6 is 0 Å². The van der Waals surface area contributed by atoms with E-state index in [1.54, 1.807) is 0 Å². The van der Waals surface area contributed by atoms with Crippen molar-refractivity contribution in [3.8, 4) is 0 Å². The maximum atomic E-state index is 11.2. The third-order valence-corrected chi connectivity index (χ3v) is 7.60. The first kappa shape index (κ1) is 14.5. The third kappa shape index (κ3) is 2.37. The summed E-state index contributed by atoms with van der Waals surface area (Å²) in [5.74, 6) is 2.84. The molecule has 120 valence electrons. The van der Waals surface area contributed by atoms with Gasteiger partial charge < -0.3 is 5.11 Å². The van der Waals surface area contributed by atoms with Gasteiger partial charge in [0, 0.05) is 18.6 Å². The van der Waals surface area contributed by atoms with Crippen molar-refractivity contribution in [2.75, 3.05) is 6.54 Å². The number of rotatable bonds is 4. The average Bonchev–Trinajstić information content (AvgIpc) is 2.78. The molecule has 1 N–H and O–H groups in total. The lowest BCUT2D eigenvalue weighted by molar-refractivity contribution is -0.129. The van der Waals surface area contributed by atoms with Gasteiger partial charge in [0.15, 0.2) is 0 Å². The largest absolute Gasteiger partial charge is 0.391 e. The van der Waals surface area contributed by atoms with Crippen molar-refractivity contribution in [3.63, 3.8) is 0 Å². The van der Waals surface area contributed by atoms with Gasteiger partial charge in [-0.2, -0.15) is 0 Å². The Morgan fingerprint density at radius 2 is 1.62 bits per heavy atom. The van der Waals surface area contributed by atoms with Crippen LogP contribution in [0, 0.1) is 23.2 Å². The topological polar surface area (TPSA) is 23.5 Å². The van der Waals surface area contributed by atoms with Gasteiger partial charge in [0.2, 0.25) is 0 Å². The molecule has 1 saturated heterocycles. The van der Waals surface area contributed by atoms with E-state index in [9.17, 15) is 5.11 Å². The lowest BCUT2D eigenvalue weighted by Gasteiger charge is -2.59. The van der Waals surface area contributed by atoms with Crippen molar-refractivity contribution in [3.05, 3.63) is 0 Å². The van der Waals surface area contributed by atoms with E-state index in [1.807, 2.05) is 0 Å². The van der Waals surface area contributed by atoms with Gasteiger partial charge in [0.1, 0.15) is 0 Å². The van der Waals surface area contributed by atoms with Crippen LogP contribution < -0.4 is 0 Å². The van der Waals surface area contributed by atoms with E-state index >= 15 is 0 Å². The molecule has 3 atom stereocenters. The molecule has 1 aliphatic heterocycles. The maximum Gasteiger partial charge on any atom is 0.0723 e. The first-order valence-electron chi connectivity index (χ1n) is 9.53. The fourth-order valence-corrected chi connectivity index (χ4v) is 6.87. The van der Waals surface area contributed by atoms with E-state index < -0.39 is 0 Å². The highest BCUT2D eigenvalue weighted by atomic mass is 16.3. The van der Waals surface area contributed by atoms with Crippen LogP contribution in [0.4, 0.5) is 0 Å². The minimum absolute atomic E-state index is 0.0690. The summed E-state index contributed by atoms with van der Waals surface area (Å²) in [5, 5.41) is 11.2. The molecule has 21 heavy (non-hydrogen) atoms. The quantitative estimate of drug-likeness (QED) is 0.851. The highest BCUT2D eigenvalue weighted by molar-refractivity contribution is 5.05. The van der Waals surface area contributed by atoms with Crippen molar-refractivity contribution >= 4 is 0 Å². The summed E-state index contributed by atoms with van der Waals surface area (Å²) in [6.45, 7) is 5.63. The Morgan fingerprint density at radius 3 is 2.14 bits per heavy atom. The van der Waals surface area contributed by atoms with Gasteiger partial charge in [-0.05, 0) is 87.9 Å². The molecular formula is C19H33NO.